The van der Waals surface area contributed by atoms with Crippen LogP contribution < -0.4 is 21.1 Å². The van der Waals surface area contributed by atoms with Gasteiger partial charge in [0.15, 0.2) is 0 Å². The van der Waals surface area contributed by atoms with Crippen molar-refractivity contribution >= 4 is 38.1 Å². The normalized spacial score (nSPS) is 16.7. The highest BCUT2D eigenvalue weighted by Crippen LogP contribution is 2.27. The zero-order valence-corrected chi connectivity index (χ0v) is 11.7. The van der Waals surface area contributed by atoms with Crippen molar-refractivity contribution in [2.45, 2.75) is 18.9 Å². The Morgan fingerprint density at radius 2 is 1.68 bits per heavy atom. The molecule has 1 aliphatic rings. The largest absolute Gasteiger partial charge is 0.465 e. The summed E-state index contributed by atoms with van der Waals surface area (Å²) < 4.78 is 5.75. The van der Waals surface area contributed by atoms with E-state index >= 15 is 0 Å². The second-order valence-corrected chi connectivity index (χ2v) is 6.09. The molecule has 0 radical (unpaired) electrons. The van der Waals surface area contributed by atoms with E-state index in [1.807, 2.05) is 0 Å². The number of nitrogens with two attached hydrogens (primary N) is 2. The van der Waals surface area contributed by atoms with Crippen molar-refractivity contribution in [3.05, 3.63) is 0 Å². The lowest BCUT2D eigenvalue weighted by Crippen LogP contribution is -2.38. The molecular weight excluding hydrogens is 286 g/mol. The fourth-order valence-electron chi connectivity index (χ4n) is 1.93. The number of ether oxygens (including phenoxy) is 1. The first-order chi connectivity index (χ1) is 9.20. The van der Waals surface area contributed by atoms with Gasteiger partial charge in [0.25, 0.3) is 5.19 Å². The fourth-order valence-corrected chi connectivity index (χ4v) is 3.12. The molecule has 102 valence electrons. The minimum Gasteiger partial charge on any atom is -0.465 e. The van der Waals surface area contributed by atoms with Crippen LogP contribution in [0, 0.1) is 0 Å². The van der Waals surface area contributed by atoms with E-state index in [1.165, 1.54) is 22.7 Å². The van der Waals surface area contributed by atoms with E-state index in [9.17, 15) is 0 Å². The fraction of sp³-hybridized carbons (Fsp3) is 0.556. The number of aromatic nitrogens is 4. The first kappa shape index (κ1) is 12.4. The third-order valence-corrected chi connectivity index (χ3v) is 4.29. The van der Waals surface area contributed by atoms with Crippen molar-refractivity contribution in [1.82, 2.24) is 20.4 Å². The SMILES string of the molecule is Nc1nnc(OC2CCN(c3nnc(N)s3)CC2)s1. The smallest absolute Gasteiger partial charge is 0.296 e. The van der Waals surface area contributed by atoms with Crippen molar-refractivity contribution in [2.75, 3.05) is 29.5 Å². The molecule has 19 heavy (non-hydrogen) atoms. The second-order valence-electron chi connectivity index (χ2n) is 4.13. The van der Waals surface area contributed by atoms with Crippen LogP contribution in [0.3, 0.4) is 0 Å². The van der Waals surface area contributed by atoms with Gasteiger partial charge in [-0.3, -0.25) is 0 Å². The van der Waals surface area contributed by atoms with Crippen LogP contribution in [0.2, 0.25) is 0 Å². The predicted molar refractivity (Wildman–Crippen MR) is 74.5 cm³/mol. The molecule has 0 saturated carbocycles. The molecule has 0 unspecified atom stereocenters. The van der Waals surface area contributed by atoms with Gasteiger partial charge in [-0.1, -0.05) is 16.4 Å². The standard InChI is InChI=1S/C9H13N7OS2/c10-6-12-14-8(18-6)16-3-1-5(2-4-16)17-9-15-13-7(11)19-9/h5H,1-4H2,(H2,10,12)(H2,11,13). The maximum atomic E-state index is 5.75. The molecule has 2 aromatic rings. The molecule has 0 spiro atoms. The summed E-state index contributed by atoms with van der Waals surface area (Å²) in [4.78, 5) is 2.17. The van der Waals surface area contributed by atoms with Gasteiger partial charge in [-0.15, -0.1) is 15.3 Å². The Hall–Kier alpha value is -1.68. The summed E-state index contributed by atoms with van der Waals surface area (Å²) in [5, 5.41) is 17.8. The Balaban J connectivity index is 1.54. The van der Waals surface area contributed by atoms with Crippen molar-refractivity contribution in [1.29, 1.82) is 0 Å². The Morgan fingerprint density at radius 1 is 1.00 bits per heavy atom. The zero-order chi connectivity index (χ0) is 13.2. The van der Waals surface area contributed by atoms with Gasteiger partial charge in [-0.2, -0.15) is 0 Å². The Morgan fingerprint density at radius 3 is 2.26 bits per heavy atom. The quantitative estimate of drug-likeness (QED) is 0.846. The van der Waals surface area contributed by atoms with Gasteiger partial charge in [0, 0.05) is 25.9 Å². The highest BCUT2D eigenvalue weighted by atomic mass is 32.1. The Bertz CT molecular complexity index is 548. The lowest BCUT2D eigenvalue weighted by molar-refractivity contribution is 0.169. The summed E-state index contributed by atoms with van der Waals surface area (Å²) in [5.41, 5.74) is 11.1. The molecule has 1 aliphatic heterocycles. The van der Waals surface area contributed by atoms with E-state index in [4.69, 9.17) is 16.2 Å². The molecule has 0 aliphatic carbocycles. The maximum Gasteiger partial charge on any atom is 0.296 e. The number of nitrogen functional groups attached to an aromatic ring is 2. The van der Waals surface area contributed by atoms with Crippen molar-refractivity contribution in [2.24, 2.45) is 0 Å². The van der Waals surface area contributed by atoms with E-state index in [-0.39, 0.29) is 6.10 Å². The summed E-state index contributed by atoms with van der Waals surface area (Å²) in [6.07, 6.45) is 1.95. The number of rotatable bonds is 3. The molecule has 1 fully saturated rings. The van der Waals surface area contributed by atoms with Crippen LogP contribution >= 0.6 is 22.7 Å². The average molecular weight is 299 g/mol. The van der Waals surface area contributed by atoms with Crippen LogP contribution in [0.1, 0.15) is 12.8 Å². The Labute approximate surface area is 117 Å². The molecule has 8 nitrogen and oxygen atoms in total. The monoisotopic (exact) mass is 299 g/mol. The van der Waals surface area contributed by atoms with E-state index in [0.29, 0.717) is 15.5 Å². The molecule has 3 heterocycles. The van der Waals surface area contributed by atoms with Crippen molar-refractivity contribution < 1.29 is 4.74 Å². The number of nitrogens with zero attached hydrogens (tertiary/aromatic N) is 5. The van der Waals surface area contributed by atoms with Gasteiger partial charge in [0.2, 0.25) is 15.4 Å². The van der Waals surface area contributed by atoms with Crippen LogP contribution in [0.15, 0.2) is 0 Å². The topological polar surface area (TPSA) is 116 Å². The van der Waals surface area contributed by atoms with E-state index in [1.54, 1.807) is 0 Å². The number of hydrogen-bond donors (Lipinski definition) is 2. The molecular formula is C9H13N7OS2. The third-order valence-electron chi connectivity index (χ3n) is 2.83. The summed E-state index contributed by atoms with van der Waals surface area (Å²) in [5.74, 6) is 0. The number of hydrogen-bond acceptors (Lipinski definition) is 10. The molecule has 0 amide bonds. The van der Waals surface area contributed by atoms with Crippen LogP contribution in [-0.4, -0.2) is 39.6 Å². The second kappa shape index (κ2) is 5.13. The van der Waals surface area contributed by atoms with Crippen LogP contribution in [0.4, 0.5) is 15.4 Å². The molecule has 0 bridgehead atoms. The van der Waals surface area contributed by atoms with Crippen LogP contribution in [-0.2, 0) is 0 Å². The van der Waals surface area contributed by atoms with Gasteiger partial charge >= 0.3 is 0 Å². The van der Waals surface area contributed by atoms with Gasteiger partial charge < -0.3 is 21.1 Å². The minimum absolute atomic E-state index is 0.147. The average Bonchev–Trinajstić information content (AvgIpc) is 3.00. The predicted octanol–water partition coefficient (Wildman–Crippen LogP) is 0.602. The molecule has 2 aromatic heterocycles. The summed E-state index contributed by atoms with van der Waals surface area (Å²) in [6, 6.07) is 0. The molecule has 10 heteroatoms. The van der Waals surface area contributed by atoms with Gasteiger partial charge in [-0.25, -0.2) is 0 Å². The molecule has 0 atom stereocenters. The maximum absolute atomic E-state index is 5.75. The Kier molecular flexibility index (Phi) is 3.34. The van der Waals surface area contributed by atoms with Crippen molar-refractivity contribution in [3.63, 3.8) is 0 Å². The molecule has 3 rings (SSSR count). The summed E-state index contributed by atoms with van der Waals surface area (Å²) >= 11 is 2.67. The third kappa shape index (κ3) is 2.84. The van der Waals surface area contributed by atoms with E-state index in [0.717, 1.165) is 31.1 Å². The lowest BCUT2D eigenvalue weighted by Gasteiger charge is -2.30. The van der Waals surface area contributed by atoms with E-state index in [2.05, 4.69) is 25.3 Å². The van der Waals surface area contributed by atoms with Gasteiger partial charge in [0.1, 0.15) is 6.10 Å². The van der Waals surface area contributed by atoms with Crippen LogP contribution in [0.5, 0.6) is 5.19 Å². The first-order valence-electron chi connectivity index (χ1n) is 5.80. The molecule has 1 saturated heterocycles. The summed E-state index contributed by atoms with van der Waals surface area (Å²) in [7, 11) is 0. The van der Waals surface area contributed by atoms with Crippen LogP contribution in [0.25, 0.3) is 0 Å². The minimum atomic E-state index is 0.147. The summed E-state index contributed by atoms with van der Waals surface area (Å²) in [6.45, 7) is 1.74. The number of anilines is 3. The van der Waals surface area contributed by atoms with Crippen molar-refractivity contribution in [3.8, 4) is 5.19 Å². The highest BCUT2D eigenvalue weighted by molar-refractivity contribution is 7.18. The lowest BCUT2D eigenvalue weighted by atomic mass is 10.1. The first-order valence-corrected chi connectivity index (χ1v) is 7.43. The van der Waals surface area contributed by atoms with Gasteiger partial charge in [0.05, 0.1) is 0 Å². The molecule has 4 N–H and O–H groups in total. The number of piperidine rings is 1. The highest BCUT2D eigenvalue weighted by Gasteiger charge is 2.23. The zero-order valence-electron chi connectivity index (χ0n) is 10.0. The van der Waals surface area contributed by atoms with Gasteiger partial charge in [-0.05, 0) is 11.3 Å². The molecule has 0 aromatic carbocycles. The van der Waals surface area contributed by atoms with E-state index < -0.39 is 0 Å².